The normalized spacial score (nSPS) is 10.7. The lowest BCUT2D eigenvalue weighted by atomic mass is 10.1. The highest BCUT2D eigenvalue weighted by Gasteiger charge is 2.23. The van der Waals surface area contributed by atoms with Crippen LogP contribution in [-0.4, -0.2) is 49.1 Å². The molecule has 34 heavy (non-hydrogen) atoms. The predicted molar refractivity (Wildman–Crippen MR) is 126 cm³/mol. The molecule has 0 atom stereocenters. The smallest absolute Gasteiger partial charge is 0.340 e. The maximum absolute atomic E-state index is 13.3. The van der Waals surface area contributed by atoms with Gasteiger partial charge in [0.1, 0.15) is 23.6 Å². The Kier molecular flexibility index (Phi) is 6.49. The van der Waals surface area contributed by atoms with E-state index < -0.39 is 5.97 Å². The second-order valence-electron chi connectivity index (χ2n) is 7.32. The van der Waals surface area contributed by atoms with Crippen molar-refractivity contribution < 1.29 is 28.5 Å². The van der Waals surface area contributed by atoms with E-state index in [1.165, 1.54) is 12.4 Å². The van der Waals surface area contributed by atoms with Crippen LogP contribution < -0.4 is 14.2 Å². The minimum atomic E-state index is -0.521. The third-order valence-corrected chi connectivity index (χ3v) is 5.43. The second kappa shape index (κ2) is 9.66. The minimum absolute atomic E-state index is 0.210. The number of carbonyl (C=O) groups is 2. The maximum atomic E-state index is 13.3. The van der Waals surface area contributed by atoms with E-state index >= 15 is 0 Å². The van der Waals surface area contributed by atoms with Crippen molar-refractivity contribution in [2.24, 2.45) is 0 Å². The van der Waals surface area contributed by atoms with E-state index in [4.69, 9.17) is 18.9 Å². The van der Waals surface area contributed by atoms with E-state index in [0.29, 0.717) is 45.3 Å². The summed E-state index contributed by atoms with van der Waals surface area (Å²) in [5.41, 5.74) is 2.80. The lowest BCUT2D eigenvalue weighted by molar-refractivity contribution is 0.0529. The average molecular weight is 460 g/mol. The maximum Gasteiger partial charge on any atom is 0.340 e. The molecule has 0 spiro atoms. The van der Waals surface area contributed by atoms with Gasteiger partial charge in [0.15, 0.2) is 0 Å². The zero-order chi connectivity index (χ0) is 24.2. The highest BCUT2D eigenvalue weighted by molar-refractivity contribution is 6.11. The van der Waals surface area contributed by atoms with E-state index in [1.807, 2.05) is 6.07 Å². The van der Waals surface area contributed by atoms with Crippen molar-refractivity contribution in [1.29, 1.82) is 0 Å². The van der Waals surface area contributed by atoms with E-state index in [0.717, 1.165) is 0 Å². The third-order valence-electron chi connectivity index (χ3n) is 5.43. The zero-order valence-corrected chi connectivity index (χ0v) is 19.3. The Balaban J connectivity index is 1.86. The first-order valence-corrected chi connectivity index (χ1v) is 10.6. The molecule has 0 radical (unpaired) electrons. The highest BCUT2D eigenvalue weighted by atomic mass is 16.5. The van der Waals surface area contributed by atoms with Gasteiger partial charge in [0.05, 0.1) is 50.4 Å². The van der Waals surface area contributed by atoms with Crippen LogP contribution in [0.1, 0.15) is 33.3 Å². The molecule has 2 aromatic heterocycles. The summed E-state index contributed by atoms with van der Waals surface area (Å²) in [5, 5.41) is 0. The lowest BCUT2D eigenvalue weighted by Crippen LogP contribution is -2.06. The Morgan fingerprint density at radius 2 is 1.59 bits per heavy atom. The lowest BCUT2D eigenvalue weighted by Gasteiger charge is -2.11. The minimum Gasteiger partial charge on any atom is -0.497 e. The van der Waals surface area contributed by atoms with Crippen LogP contribution in [0.15, 0.2) is 60.9 Å². The zero-order valence-electron chi connectivity index (χ0n) is 19.3. The summed E-state index contributed by atoms with van der Waals surface area (Å²) in [5.74, 6) is 1.07. The molecule has 2 heterocycles. The molecule has 0 aliphatic heterocycles. The standard InChI is InChI=1S/C26H24N2O6/c1-5-34-26(30)20-13-23(25(29)16-6-8-17(31-2)9-7-16)28-15-27-21(14-22(20)28)19-11-10-18(32-3)12-24(19)33-4/h6-15H,5H2,1-4H3. The van der Waals surface area contributed by atoms with Crippen LogP contribution in [0.3, 0.4) is 0 Å². The summed E-state index contributed by atoms with van der Waals surface area (Å²) in [6, 6.07) is 15.4. The van der Waals surface area contributed by atoms with Gasteiger partial charge in [0.2, 0.25) is 5.78 Å². The molecule has 0 fully saturated rings. The van der Waals surface area contributed by atoms with Gasteiger partial charge >= 0.3 is 5.97 Å². The first-order valence-electron chi connectivity index (χ1n) is 10.6. The Morgan fingerprint density at radius 3 is 2.24 bits per heavy atom. The molecule has 0 bridgehead atoms. The molecule has 0 aliphatic rings. The van der Waals surface area contributed by atoms with Gasteiger partial charge in [-0.05, 0) is 55.5 Å². The number of hydrogen-bond acceptors (Lipinski definition) is 7. The van der Waals surface area contributed by atoms with Gasteiger partial charge in [0, 0.05) is 17.2 Å². The van der Waals surface area contributed by atoms with E-state index in [-0.39, 0.29) is 18.0 Å². The molecular weight excluding hydrogens is 436 g/mol. The Morgan fingerprint density at radius 1 is 0.882 bits per heavy atom. The second-order valence-corrected chi connectivity index (χ2v) is 7.32. The number of carbonyl (C=O) groups excluding carboxylic acids is 2. The summed E-state index contributed by atoms with van der Waals surface area (Å²) in [7, 11) is 4.69. The summed E-state index contributed by atoms with van der Waals surface area (Å²) in [4.78, 5) is 30.6. The molecule has 2 aromatic carbocycles. The first kappa shape index (κ1) is 22.8. The highest BCUT2D eigenvalue weighted by Crippen LogP contribution is 2.33. The van der Waals surface area contributed by atoms with E-state index in [9.17, 15) is 9.59 Å². The quantitative estimate of drug-likeness (QED) is 0.284. The van der Waals surface area contributed by atoms with Gasteiger partial charge in [-0.2, -0.15) is 0 Å². The number of benzene rings is 2. The largest absolute Gasteiger partial charge is 0.497 e. The first-order chi connectivity index (χ1) is 16.5. The van der Waals surface area contributed by atoms with Crippen LogP contribution in [0.5, 0.6) is 17.2 Å². The number of fused-ring (bicyclic) bond motifs is 1. The Labute approximate surface area is 196 Å². The monoisotopic (exact) mass is 460 g/mol. The fraction of sp³-hybridized carbons (Fsp3) is 0.192. The summed E-state index contributed by atoms with van der Waals surface area (Å²) in [6.45, 7) is 1.94. The number of rotatable bonds is 8. The van der Waals surface area contributed by atoms with Crippen LogP contribution in [0.2, 0.25) is 0 Å². The number of ether oxygens (including phenoxy) is 4. The van der Waals surface area contributed by atoms with Gasteiger partial charge in [-0.3, -0.25) is 9.20 Å². The Hall–Kier alpha value is -4.33. The number of ketones is 1. The Bertz CT molecular complexity index is 1360. The molecule has 174 valence electrons. The summed E-state index contributed by atoms with van der Waals surface area (Å²) >= 11 is 0. The van der Waals surface area contributed by atoms with Crippen LogP contribution in [0.25, 0.3) is 16.8 Å². The van der Waals surface area contributed by atoms with Gasteiger partial charge in [-0.15, -0.1) is 0 Å². The van der Waals surface area contributed by atoms with Crippen molar-refractivity contribution in [1.82, 2.24) is 9.38 Å². The molecular formula is C26H24N2O6. The van der Waals surface area contributed by atoms with Crippen LogP contribution in [0, 0.1) is 0 Å². The molecule has 4 aromatic rings. The number of methoxy groups -OCH3 is 3. The van der Waals surface area contributed by atoms with Gasteiger partial charge in [-0.1, -0.05) is 0 Å². The van der Waals surface area contributed by atoms with Crippen LogP contribution in [0.4, 0.5) is 0 Å². The molecule has 0 saturated heterocycles. The van der Waals surface area contributed by atoms with Crippen molar-refractivity contribution in [2.45, 2.75) is 6.92 Å². The van der Waals surface area contributed by atoms with Crippen molar-refractivity contribution in [3.8, 4) is 28.5 Å². The van der Waals surface area contributed by atoms with Gasteiger partial charge in [-0.25, -0.2) is 9.78 Å². The van der Waals surface area contributed by atoms with Gasteiger partial charge in [0.25, 0.3) is 0 Å². The number of hydrogen-bond donors (Lipinski definition) is 0. The van der Waals surface area contributed by atoms with Crippen molar-refractivity contribution in [3.05, 3.63) is 77.7 Å². The van der Waals surface area contributed by atoms with Crippen molar-refractivity contribution in [3.63, 3.8) is 0 Å². The molecule has 0 amide bonds. The van der Waals surface area contributed by atoms with Crippen molar-refractivity contribution in [2.75, 3.05) is 27.9 Å². The van der Waals surface area contributed by atoms with Crippen LogP contribution >= 0.6 is 0 Å². The summed E-state index contributed by atoms with van der Waals surface area (Å²) in [6.07, 6.45) is 1.52. The van der Waals surface area contributed by atoms with Gasteiger partial charge < -0.3 is 18.9 Å². The fourth-order valence-electron chi connectivity index (χ4n) is 3.69. The van der Waals surface area contributed by atoms with Crippen LogP contribution in [-0.2, 0) is 4.74 Å². The molecule has 8 nitrogen and oxygen atoms in total. The topological polar surface area (TPSA) is 88.4 Å². The fourth-order valence-corrected chi connectivity index (χ4v) is 3.69. The molecule has 0 unspecified atom stereocenters. The number of esters is 1. The summed E-state index contributed by atoms with van der Waals surface area (Å²) < 4.78 is 22.8. The van der Waals surface area contributed by atoms with E-state index in [2.05, 4.69) is 4.98 Å². The SMILES string of the molecule is CCOC(=O)c1cc(C(=O)c2ccc(OC)cc2)n2cnc(-c3ccc(OC)cc3OC)cc12. The molecule has 4 rings (SSSR count). The predicted octanol–water partition coefficient (Wildman–Crippen LogP) is 4.43. The molecule has 8 heteroatoms. The number of nitrogens with zero attached hydrogens (tertiary/aromatic N) is 2. The van der Waals surface area contributed by atoms with Crippen molar-refractivity contribution >= 4 is 17.3 Å². The molecule has 0 N–H and O–H groups in total. The molecule has 0 saturated carbocycles. The molecule has 0 aliphatic carbocycles. The third kappa shape index (κ3) is 4.17. The van der Waals surface area contributed by atoms with E-state index in [1.54, 1.807) is 75.1 Å². The average Bonchev–Trinajstić information content (AvgIpc) is 3.27. The number of aromatic nitrogens is 2.